The second-order valence-electron chi connectivity index (χ2n) is 4.08. The van der Waals surface area contributed by atoms with E-state index in [1.54, 1.807) is 25.5 Å². The van der Waals surface area contributed by atoms with Crippen LogP contribution < -0.4 is 5.32 Å². The van der Waals surface area contributed by atoms with Crippen LogP contribution in [0.2, 0.25) is 0 Å². The van der Waals surface area contributed by atoms with Gasteiger partial charge >= 0.3 is 0 Å². The fourth-order valence-corrected chi connectivity index (χ4v) is 1.62. The van der Waals surface area contributed by atoms with Crippen molar-refractivity contribution in [2.45, 2.75) is 32.7 Å². The average Bonchev–Trinajstić information content (AvgIpc) is 2.83. The van der Waals surface area contributed by atoms with E-state index in [1.807, 2.05) is 6.92 Å². The van der Waals surface area contributed by atoms with Crippen molar-refractivity contribution in [1.29, 1.82) is 0 Å². The van der Waals surface area contributed by atoms with E-state index in [2.05, 4.69) is 25.4 Å². The van der Waals surface area contributed by atoms with Gasteiger partial charge in [0.15, 0.2) is 5.82 Å². The van der Waals surface area contributed by atoms with E-state index in [1.165, 1.54) is 0 Å². The van der Waals surface area contributed by atoms with Gasteiger partial charge in [-0.15, -0.1) is 0 Å². The van der Waals surface area contributed by atoms with Gasteiger partial charge in [-0.1, -0.05) is 12.1 Å². The van der Waals surface area contributed by atoms with E-state index in [0.717, 1.165) is 0 Å². The lowest BCUT2D eigenvalue weighted by Gasteiger charge is -2.12. The van der Waals surface area contributed by atoms with Gasteiger partial charge < -0.3 is 9.84 Å². The molecule has 0 aliphatic rings. The molecule has 7 nitrogen and oxygen atoms in total. The highest BCUT2D eigenvalue weighted by molar-refractivity contribution is 5.78. The maximum absolute atomic E-state index is 11.9. The van der Waals surface area contributed by atoms with Crippen LogP contribution in [0.3, 0.4) is 0 Å². The molecule has 2 heterocycles. The third-order valence-corrected chi connectivity index (χ3v) is 2.54. The largest absolute Gasteiger partial charge is 0.344 e. The highest BCUT2D eigenvalue weighted by Crippen LogP contribution is 2.14. The molecule has 2 aromatic heterocycles. The molecule has 2 rings (SSSR count). The molecule has 0 radical (unpaired) electrons. The lowest BCUT2D eigenvalue weighted by Crippen LogP contribution is -2.30. The maximum atomic E-state index is 11.9. The van der Waals surface area contributed by atoms with Gasteiger partial charge in [0, 0.05) is 18.6 Å². The first-order valence-corrected chi connectivity index (χ1v) is 6.03. The molecule has 1 amide bonds. The number of carbonyl (C=O) groups is 1. The third kappa shape index (κ3) is 3.57. The molecule has 2 aromatic rings. The van der Waals surface area contributed by atoms with E-state index in [9.17, 15) is 4.79 Å². The number of hydrogen-bond donors (Lipinski definition) is 1. The summed E-state index contributed by atoms with van der Waals surface area (Å²) in [6.45, 7) is 3.67. The van der Waals surface area contributed by atoms with Crippen molar-refractivity contribution in [3.8, 4) is 0 Å². The van der Waals surface area contributed by atoms with Crippen LogP contribution in [-0.2, 0) is 11.2 Å². The number of nitrogens with zero attached hydrogens (tertiary/aromatic N) is 4. The van der Waals surface area contributed by atoms with E-state index in [0.29, 0.717) is 23.8 Å². The average molecular weight is 261 g/mol. The molecule has 0 bridgehead atoms. The number of aryl methyl sites for hydroxylation is 1. The Morgan fingerprint density at radius 1 is 1.47 bits per heavy atom. The number of amides is 1. The molecule has 19 heavy (non-hydrogen) atoms. The molecule has 1 N–H and O–H groups in total. The summed E-state index contributed by atoms with van der Waals surface area (Å²) in [6, 6.07) is -0.273. The minimum atomic E-state index is -0.273. The van der Waals surface area contributed by atoms with Gasteiger partial charge in [-0.05, 0) is 13.3 Å². The summed E-state index contributed by atoms with van der Waals surface area (Å²) in [5.41, 5.74) is 0.622. The second kappa shape index (κ2) is 6.03. The smallest absolute Gasteiger partial charge is 0.249 e. The van der Waals surface area contributed by atoms with Gasteiger partial charge in [0.2, 0.25) is 11.8 Å². The summed E-state index contributed by atoms with van der Waals surface area (Å²) in [5, 5.41) is 6.56. The van der Waals surface area contributed by atoms with Crippen LogP contribution in [0.15, 0.2) is 23.1 Å². The Balaban J connectivity index is 1.97. The lowest BCUT2D eigenvalue weighted by atomic mass is 10.2. The Bertz CT molecular complexity index is 540. The SMILES string of the molecule is CC[C@H](NC(=O)Cc1cnccn1)c1nc(C)no1. The molecule has 100 valence electrons. The van der Waals surface area contributed by atoms with Crippen molar-refractivity contribution in [1.82, 2.24) is 25.4 Å². The van der Waals surface area contributed by atoms with Crippen molar-refractivity contribution >= 4 is 5.91 Å². The molecule has 0 saturated heterocycles. The van der Waals surface area contributed by atoms with Crippen LogP contribution in [0, 0.1) is 6.92 Å². The van der Waals surface area contributed by atoms with Crippen LogP contribution in [0.5, 0.6) is 0 Å². The summed E-state index contributed by atoms with van der Waals surface area (Å²) >= 11 is 0. The van der Waals surface area contributed by atoms with Gasteiger partial charge in [-0.25, -0.2) is 0 Å². The molecular formula is C12H15N5O2. The second-order valence-corrected chi connectivity index (χ2v) is 4.08. The fourth-order valence-electron chi connectivity index (χ4n) is 1.62. The first-order chi connectivity index (χ1) is 9.19. The fraction of sp³-hybridized carbons (Fsp3) is 0.417. The molecule has 7 heteroatoms. The van der Waals surface area contributed by atoms with Crippen molar-refractivity contribution in [2.75, 3.05) is 0 Å². The summed E-state index contributed by atoms with van der Waals surface area (Å²) < 4.78 is 5.06. The monoisotopic (exact) mass is 261 g/mol. The van der Waals surface area contributed by atoms with Gasteiger partial charge in [0.05, 0.1) is 12.1 Å². The number of aromatic nitrogens is 4. The normalized spacial score (nSPS) is 12.1. The lowest BCUT2D eigenvalue weighted by molar-refractivity contribution is -0.121. The molecule has 0 fully saturated rings. The van der Waals surface area contributed by atoms with Gasteiger partial charge in [0.25, 0.3) is 0 Å². The number of nitrogens with one attached hydrogen (secondary N) is 1. The Kier molecular flexibility index (Phi) is 4.17. The van der Waals surface area contributed by atoms with E-state index in [-0.39, 0.29) is 18.4 Å². The topological polar surface area (TPSA) is 93.8 Å². The van der Waals surface area contributed by atoms with Crippen LogP contribution in [0.4, 0.5) is 0 Å². The number of hydrogen-bond acceptors (Lipinski definition) is 6. The maximum Gasteiger partial charge on any atom is 0.249 e. The minimum Gasteiger partial charge on any atom is -0.344 e. The molecule has 0 saturated carbocycles. The van der Waals surface area contributed by atoms with E-state index in [4.69, 9.17) is 4.52 Å². The van der Waals surface area contributed by atoms with E-state index < -0.39 is 0 Å². The predicted molar refractivity (Wildman–Crippen MR) is 65.9 cm³/mol. The molecule has 0 aliphatic heterocycles. The van der Waals surface area contributed by atoms with Gasteiger partial charge in [0.1, 0.15) is 6.04 Å². The molecular weight excluding hydrogens is 246 g/mol. The minimum absolute atomic E-state index is 0.150. The zero-order valence-corrected chi connectivity index (χ0v) is 10.8. The van der Waals surface area contributed by atoms with Crippen molar-refractivity contribution in [2.24, 2.45) is 0 Å². The molecule has 0 aromatic carbocycles. The first kappa shape index (κ1) is 13.1. The molecule has 0 spiro atoms. The number of rotatable bonds is 5. The van der Waals surface area contributed by atoms with Gasteiger partial charge in [-0.3, -0.25) is 14.8 Å². The Morgan fingerprint density at radius 3 is 2.89 bits per heavy atom. The van der Waals surface area contributed by atoms with Gasteiger partial charge in [-0.2, -0.15) is 4.98 Å². The standard InChI is InChI=1S/C12H15N5O2/c1-3-10(12-15-8(2)17-19-12)16-11(18)6-9-7-13-4-5-14-9/h4-5,7,10H,3,6H2,1-2H3,(H,16,18)/t10-/m0/s1. The van der Waals surface area contributed by atoms with Crippen LogP contribution >= 0.6 is 0 Å². The van der Waals surface area contributed by atoms with Crippen LogP contribution in [-0.4, -0.2) is 26.0 Å². The zero-order chi connectivity index (χ0) is 13.7. The summed E-state index contributed by atoms with van der Waals surface area (Å²) in [7, 11) is 0. The third-order valence-electron chi connectivity index (χ3n) is 2.54. The first-order valence-electron chi connectivity index (χ1n) is 6.03. The quantitative estimate of drug-likeness (QED) is 0.862. The molecule has 0 unspecified atom stereocenters. The van der Waals surface area contributed by atoms with Crippen molar-refractivity contribution in [3.05, 3.63) is 36.0 Å². The Labute approximate surface area is 110 Å². The van der Waals surface area contributed by atoms with Crippen molar-refractivity contribution in [3.63, 3.8) is 0 Å². The van der Waals surface area contributed by atoms with Crippen LogP contribution in [0.25, 0.3) is 0 Å². The summed E-state index contributed by atoms with van der Waals surface area (Å²) in [4.78, 5) is 24.0. The van der Waals surface area contributed by atoms with E-state index >= 15 is 0 Å². The zero-order valence-electron chi connectivity index (χ0n) is 10.8. The Morgan fingerprint density at radius 2 is 2.32 bits per heavy atom. The Hall–Kier alpha value is -2.31. The predicted octanol–water partition coefficient (Wildman–Crippen LogP) is 0.978. The molecule has 1 atom stereocenters. The summed E-state index contributed by atoms with van der Waals surface area (Å²) in [6.07, 6.45) is 5.54. The van der Waals surface area contributed by atoms with Crippen molar-refractivity contribution < 1.29 is 9.32 Å². The van der Waals surface area contributed by atoms with Crippen LogP contribution in [0.1, 0.15) is 36.8 Å². The highest BCUT2D eigenvalue weighted by Gasteiger charge is 2.18. The highest BCUT2D eigenvalue weighted by atomic mass is 16.5. The number of carbonyl (C=O) groups excluding carboxylic acids is 1. The summed E-state index contributed by atoms with van der Waals surface area (Å²) in [5.74, 6) is 0.826. The molecule has 0 aliphatic carbocycles.